The number of rotatable bonds is 3. The fourth-order valence-corrected chi connectivity index (χ4v) is 4.31. The van der Waals surface area contributed by atoms with Gasteiger partial charge in [-0.25, -0.2) is 4.39 Å². The van der Waals surface area contributed by atoms with Crippen LogP contribution in [0.2, 0.25) is 0 Å². The van der Waals surface area contributed by atoms with E-state index in [-0.39, 0.29) is 11.9 Å². The summed E-state index contributed by atoms with van der Waals surface area (Å²) in [6.45, 7) is 1.93. The van der Waals surface area contributed by atoms with E-state index in [2.05, 4.69) is 17.5 Å². The summed E-state index contributed by atoms with van der Waals surface area (Å²) in [7, 11) is 0. The first kappa shape index (κ1) is 12.8. The third-order valence-corrected chi connectivity index (χ3v) is 5.49. The lowest BCUT2D eigenvalue weighted by Gasteiger charge is -2.11. The molecular weight excluding hydrogens is 277 g/mol. The Morgan fingerprint density at radius 3 is 2.79 bits per heavy atom. The second-order valence-corrected chi connectivity index (χ2v) is 6.74. The molecule has 2 N–H and O–H groups in total. The minimum absolute atomic E-state index is 0.0197. The molecule has 0 saturated heterocycles. The summed E-state index contributed by atoms with van der Waals surface area (Å²) in [5.74, 6) is -0.188. The predicted molar refractivity (Wildman–Crippen MR) is 81.5 cm³/mol. The number of aryl methyl sites for hydroxylation is 1. The molecule has 2 heterocycles. The largest absolute Gasteiger partial charge is 0.323 e. The zero-order valence-corrected chi connectivity index (χ0v) is 12.2. The molecule has 0 aliphatic heterocycles. The molecule has 1 atom stereocenters. The number of hydrogen-bond donors (Lipinski definition) is 1. The molecule has 1 aromatic carbocycles. The van der Waals surface area contributed by atoms with E-state index < -0.39 is 0 Å². The summed E-state index contributed by atoms with van der Waals surface area (Å²) in [6.07, 6.45) is 0.750. The van der Waals surface area contributed by atoms with Crippen LogP contribution in [0.5, 0.6) is 0 Å². The van der Waals surface area contributed by atoms with Gasteiger partial charge in [-0.05, 0) is 54.1 Å². The van der Waals surface area contributed by atoms with Crippen LogP contribution in [0.4, 0.5) is 4.39 Å². The standard InChI is InChI=1S/C15H14FNS2/c1-9-6-11(16)3-2-10(9)7-12(17)14-8-15-13(19-14)4-5-18-15/h2-6,8,12H,7,17H2,1H3. The van der Waals surface area contributed by atoms with Crippen LogP contribution >= 0.6 is 22.7 Å². The lowest BCUT2D eigenvalue weighted by molar-refractivity contribution is 0.624. The Morgan fingerprint density at radius 2 is 2.05 bits per heavy atom. The Hall–Kier alpha value is -1.23. The van der Waals surface area contributed by atoms with Gasteiger partial charge in [0.15, 0.2) is 0 Å². The van der Waals surface area contributed by atoms with Gasteiger partial charge >= 0.3 is 0 Å². The van der Waals surface area contributed by atoms with Gasteiger partial charge in [-0.15, -0.1) is 22.7 Å². The zero-order valence-electron chi connectivity index (χ0n) is 10.5. The van der Waals surface area contributed by atoms with Crippen LogP contribution in [-0.4, -0.2) is 0 Å². The van der Waals surface area contributed by atoms with Gasteiger partial charge in [-0.1, -0.05) is 6.07 Å². The number of fused-ring (bicyclic) bond motifs is 1. The van der Waals surface area contributed by atoms with Crippen LogP contribution in [0.3, 0.4) is 0 Å². The molecule has 0 bridgehead atoms. The van der Waals surface area contributed by atoms with Gasteiger partial charge in [0.25, 0.3) is 0 Å². The molecule has 0 aliphatic rings. The average molecular weight is 291 g/mol. The average Bonchev–Trinajstić information content (AvgIpc) is 2.93. The van der Waals surface area contributed by atoms with Crippen molar-refractivity contribution in [2.24, 2.45) is 5.73 Å². The van der Waals surface area contributed by atoms with Crippen molar-refractivity contribution in [1.82, 2.24) is 0 Å². The number of hydrogen-bond acceptors (Lipinski definition) is 3. The third kappa shape index (κ3) is 2.56. The van der Waals surface area contributed by atoms with Crippen molar-refractivity contribution in [3.05, 3.63) is 57.5 Å². The number of thiophene rings is 2. The summed E-state index contributed by atoms with van der Waals surface area (Å²) >= 11 is 3.49. The summed E-state index contributed by atoms with van der Waals surface area (Å²) < 4.78 is 15.7. The highest BCUT2D eigenvalue weighted by Crippen LogP contribution is 2.33. The van der Waals surface area contributed by atoms with Crippen molar-refractivity contribution >= 4 is 32.1 Å². The number of benzene rings is 1. The van der Waals surface area contributed by atoms with Crippen molar-refractivity contribution in [2.45, 2.75) is 19.4 Å². The minimum atomic E-state index is -0.188. The molecule has 1 nitrogen and oxygen atoms in total. The third-order valence-electron chi connectivity index (χ3n) is 3.27. The maximum Gasteiger partial charge on any atom is 0.123 e. The molecule has 19 heavy (non-hydrogen) atoms. The maximum atomic E-state index is 13.1. The minimum Gasteiger partial charge on any atom is -0.323 e. The lowest BCUT2D eigenvalue weighted by atomic mass is 10.0. The smallest absolute Gasteiger partial charge is 0.123 e. The van der Waals surface area contributed by atoms with Crippen LogP contribution < -0.4 is 5.73 Å². The molecular formula is C15H14FNS2. The Balaban J connectivity index is 1.84. The van der Waals surface area contributed by atoms with Crippen molar-refractivity contribution in [1.29, 1.82) is 0 Å². The van der Waals surface area contributed by atoms with Crippen LogP contribution in [-0.2, 0) is 6.42 Å². The van der Waals surface area contributed by atoms with Crippen LogP contribution in [0.1, 0.15) is 22.0 Å². The van der Waals surface area contributed by atoms with Gasteiger partial charge in [-0.2, -0.15) is 0 Å². The van der Waals surface area contributed by atoms with Crippen molar-refractivity contribution in [2.75, 3.05) is 0 Å². The molecule has 2 aromatic heterocycles. The first-order chi connectivity index (χ1) is 9.13. The Kier molecular flexibility index (Phi) is 3.39. The summed E-state index contributed by atoms with van der Waals surface area (Å²) in [6, 6.07) is 9.18. The fraction of sp³-hybridized carbons (Fsp3) is 0.200. The quantitative estimate of drug-likeness (QED) is 0.746. The van der Waals surface area contributed by atoms with Crippen LogP contribution in [0.15, 0.2) is 35.7 Å². The van der Waals surface area contributed by atoms with Crippen LogP contribution in [0, 0.1) is 12.7 Å². The normalized spacial score (nSPS) is 13.0. The van der Waals surface area contributed by atoms with Gasteiger partial charge in [0.2, 0.25) is 0 Å². The second-order valence-electron chi connectivity index (χ2n) is 4.68. The molecule has 0 spiro atoms. The van der Waals surface area contributed by atoms with E-state index in [0.717, 1.165) is 17.5 Å². The molecule has 0 radical (unpaired) electrons. The zero-order chi connectivity index (χ0) is 13.4. The van der Waals surface area contributed by atoms with E-state index in [1.807, 2.05) is 13.0 Å². The lowest BCUT2D eigenvalue weighted by Crippen LogP contribution is -2.12. The highest BCUT2D eigenvalue weighted by atomic mass is 32.1. The second kappa shape index (κ2) is 5.04. The molecule has 0 fully saturated rings. The molecule has 98 valence electrons. The maximum absolute atomic E-state index is 13.1. The van der Waals surface area contributed by atoms with E-state index in [1.165, 1.54) is 20.3 Å². The molecule has 3 rings (SSSR count). The number of nitrogens with two attached hydrogens (primary N) is 1. The Labute approximate surface area is 119 Å². The van der Waals surface area contributed by atoms with Crippen molar-refractivity contribution in [3.8, 4) is 0 Å². The van der Waals surface area contributed by atoms with E-state index in [4.69, 9.17) is 5.73 Å². The fourth-order valence-electron chi connectivity index (χ4n) is 2.19. The first-order valence-corrected chi connectivity index (χ1v) is 7.80. The molecule has 0 aliphatic carbocycles. The van der Waals surface area contributed by atoms with Crippen molar-refractivity contribution in [3.63, 3.8) is 0 Å². The van der Waals surface area contributed by atoms with E-state index >= 15 is 0 Å². The summed E-state index contributed by atoms with van der Waals surface area (Å²) in [5.41, 5.74) is 8.36. The topological polar surface area (TPSA) is 26.0 Å². The van der Waals surface area contributed by atoms with Crippen LogP contribution in [0.25, 0.3) is 9.40 Å². The molecule has 0 amide bonds. The van der Waals surface area contributed by atoms with E-state index in [0.29, 0.717) is 0 Å². The summed E-state index contributed by atoms with van der Waals surface area (Å²) in [4.78, 5) is 1.20. The van der Waals surface area contributed by atoms with Gasteiger partial charge in [0.1, 0.15) is 5.82 Å². The van der Waals surface area contributed by atoms with Gasteiger partial charge in [0, 0.05) is 20.3 Å². The molecule has 0 saturated carbocycles. The predicted octanol–water partition coefficient (Wildman–Crippen LogP) is 4.65. The Morgan fingerprint density at radius 1 is 1.21 bits per heavy atom. The highest BCUT2D eigenvalue weighted by Gasteiger charge is 2.13. The molecule has 1 unspecified atom stereocenters. The van der Waals surface area contributed by atoms with Crippen molar-refractivity contribution < 1.29 is 4.39 Å². The summed E-state index contributed by atoms with van der Waals surface area (Å²) in [5, 5.41) is 2.10. The monoisotopic (exact) mass is 291 g/mol. The van der Waals surface area contributed by atoms with Gasteiger partial charge < -0.3 is 5.73 Å². The molecule has 3 aromatic rings. The van der Waals surface area contributed by atoms with Gasteiger partial charge in [0.05, 0.1) is 0 Å². The van der Waals surface area contributed by atoms with Gasteiger partial charge in [-0.3, -0.25) is 0 Å². The first-order valence-electron chi connectivity index (χ1n) is 6.11. The Bertz CT molecular complexity index is 685. The van der Waals surface area contributed by atoms with E-state index in [9.17, 15) is 4.39 Å². The SMILES string of the molecule is Cc1cc(F)ccc1CC(N)c1cc2sccc2s1. The van der Waals surface area contributed by atoms with E-state index in [1.54, 1.807) is 28.7 Å². The molecule has 4 heteroatoms. The highest BCUT2D eigenvalue weighted by molar-refractivity contribution is 7.26. The number of halogens is 1.